The molecule has 3 rings (SSSR count). The lowest BCUT2D eigenvalue weighted by molar-refractivity contribution is -0.389. The van der Waals surface area contributed by atoms with E-state index < -0.39 is 4.92 Å². The molecule has 2 aromatic heterocycles. The second-order valence-electron chi connectivity index (χ2n) is 3.40. The van der Waals surface area contributed by atoms with E-state index in [1.165, 1.54) is 0 Å². The van der Waals surface area contributed by atoms with Crippen molar-refractivity contribution < 1.29 is 9.45 Å². The number of hydrogen-bond acceptors (Lipinski definition) is 5. The first kappa shape index (κ1) is 9.52. The summed E-state index contributed by atoms with van der Waals surface area (Å²) in [4.78, 5) is 16.5. The van der Waals surface area contributed by atoms with Gasteiger partial charge in [0.1, 0.15) is 6.20 Å². The molecule has 7 heteroatoms. The highest BCUT2D eigenvalue weighted by atomic mass is 16.6. The molecule has 7 nitrogen and oxygen atoms in total. The predicted octanol–water partition coefficient (Wildman–Crippen LogP) is 2.13. The normalized spacial score (nSPS) is 10.8. The molecule has 84 valence electrons. The van der Waals surface area contributed by atoms with E-state index in [0.29, 0.717) is 17.1 Å². The maximum atomic E-state index is 10.5. The van der Waals surface area contributed by atoms with Gasteiger partial charge in [-0.15, -0.1) is 0 Å². The summed E-state index contributed by atoms with van der Waals surface area (Å²) in [5, 5.41) is 15.1. The molecule has 0 amide bonds. The van der Waals surface area contributed by atoms with E-state index in [1.54, 1.807) is 6.07 Å². The van der Waals surface area contributed by atoms with Crippen molar-refractivity contribution in [2.45, 2.75) is 0 Å². The van der Waals surface area contributed by atoms with Crippen LogP contribution in [0.4, 0.5) is 5.82 Å². The Labute approximate surface area is 94.2 Å². The van der Waals surface area contributed by atoms with Gasteiger partial charge in [0.15, 0.2) is 11.3 Å². The Kier molecular flexibility index (Phi) is 1.91. The molecule has 17 heavy (non-hydrogen) atoms. The minimum Gasteiger partial charge on any atom is -0.358 e. The van der Waals surface area contributed by atoms with E-state index in [-0.39, 0.29) is 5.82 Å². The fourth-order valence-corrected chi connectivity index (χ4v) is 1.58. The fourth-order valence-electron chi connectivity index (χ4n) is 1.58. The summed E-state index contributed by atoms with van der Waals surface area (Å²) in [7, 11) is 0. The van der Waals surface area contributed by atoms with Gasteiger partial charge in [-0.3, -0.25) is 0 Å². The maximum Gasteiger partial charge on any atom is 0.340 e. The van der Waals surface area contributed by atoms with Crippen LogP contribution in [0.25, 0.3) is 22.5 Å². The van der Waals surface area contributed by atoms with Gasteiger partial charge in [-0.25, -0.2) is 9.97 Å². The first-order valence-electron chi connectivity index (χ1n) is 4.80. The molecule has 2 heterocycles. The van der Waals surface area contributed by atoms with Gasteiger partial charge in [0.05, 0.1) is 5.39 Å². The number of nitrogens with one attached hydrogen (secondary N) is 1. The number of nitrogens with zero attached hydrogens (tertiary/aromatic N) is 3. The average molecular weight is 230 g/mol. The first-order chi connectivity index (χ1) is 8.25. The number of aromatic nitrogens is 3. The molecule has 0 bridgehead atoms. The van der Waals surface area contributed by atoms with Crippen molar-refractivity contribution in [2.75, 3.05) is 0 Å². The Hall–Kier alpha value is -2.70. The molecule has 0 aliphatic rings. The Balaban J connectivity index is 2.17. The SMILES string of the molecule is O=[N+]([O-])c1cnc(-c2noc3ccccc23)[nH]1. The summed E-state index contributed by atoms with van der Waals surface area (Å²) in [6.45, 7) is 0. The van der Waals surface area contributed by atoms with Crippen LogP contribution >= 0.6 is 0 Å². The Bertz CT molecular complexity index is 700. The quantitative estimate of drug-likeness (QED) is 0.537. The monoisotopic (exact) mass is 230 g/mol. The zero-order chi connectivity index (χ0) is 11.8. The van der Waals surface area contributed by atoms with Crippen LogP contribution in [0.1, 0.15) is 0 Å². The number of para-hydroxylation sites is 1. The number of hydrogen-bond donors (Lipinski definition) is 1. The molecule has 1 N–H and O–H groups in total. The van der Waals surface area contributed by atoms with Crippen LogP contribution in [0.15, 0.2) is 35.0 Å². The van der Waals surface area contributed by atoms with Gasteiger partial charge in [0, 0.05) is 0 Å². The van der Waals surface area contributed by atoms with Gasteiger partial charge in [-0.05, 0) is 17.1 Å². The van der Waals surface area contributed by atoms with Crippen molar-refractivity contribution in [3.05, 3.63) is 40.6 Å². The lowest BCUT2D eigenvalue weighted by atomic mass is 10.2. The largest absolute Gasteiger partial charge is 0.358 e. The van der Waals surface area contributed by atoms with Gasteiger partial charge in [0.25, 0.3) is 0 Å². The van der Waals surface area contributed by atoms with Crippen molar-refractivity contribution in [1.82, 2.24) is 15.1 Å². The van der Waals surface area contributed by atoms with Gasteiger partial charge in [0.2, 0.25) is 5.82 Å². The highest BCUT2D eigenvalue weighted by Crippen LogP contribution is 2.26. The topological polar surface area (TPSA) is 97.8 Å². The van der Waals surface area contributed by atoms with Crippen LogP contribution in [-0.2, 0) is 0 Å². The molecule has 3 aromatic rings. The number of H-pyrrole nitrogens is 1. The maximum absolute atomic E-state index is 10.5. The van der Waals surface area contributed by atoms with Crippen molar-refractivity contribution in [3.63, 3.8) is 0 Å². The summed E-state index contributed by atoms with van der Waals surface area (Å²) >= 11 is 0. The van der Waals surface area contributed by atoms with Crippen molar-refractivity contribution in [3.8, 4) is 11.5 Å². The zero-order valence-corrected chi connectivity index (χ0v) is 8.45. The van der Waals surface area contributed by atoms with Gasteiger partial charge < -0.3 is 14.6 Å². The molecule has 0 saturated heterocycles. The molecule has 1 aromatic carbocycles. The van der Waals surface area contributed by atoms with Crippen LogP contribution in [0, 0.1) is 10.1 Å². The van der Waals surface area contributed by atoms with Gasteiger partial charge in [-0.1, -0.05) is 17.3 Å². The summed E-state index contributed by atoms with van der Waals surface area (Å²) in [6, 6.07) is 7.24. The van der Waals surface area contributed by atoms with Crippen LogP contribution in [0.5, 0.6) is 0 Å². The lowest BCUT2D eigenvalue weighted by Gasteiger charge is -1.87. The number of aromatic amines is 1. The van der Waals surface area contributed by atoms with Crippen molar-refractivity contribution in [2.24, 2.45) is 0 Å². The van der Waals surface area contributed by atoms with E-state index in [0.717, 1.165) is 11.6 Å². The highest BCUT2D eigenvalue weighted by Gasteiger charge is 2.18. The molecule has 0 saturated carbocycles. The standard InChI is InChI=1S/C10H6N4O3/c15-14(16)8-5-11-10(12-8)9-6-3-1-2-4-7(6)17-13-9/h1-5H,(H,11,12). The molecule has 0 aliphatic carbocycles. The molecule has 0 unspecified atom stereocenters. The number of fused-ring (bicyclic) bond motifs is 1. The second-order valence-corrected chi connectivity index (χ2v) is 3.40. The zero-order valence-electron chi connectivity index (χ0n) is 8.45. The van der Waals surface area contributed by atoms with E-state index in [4.69, 9.17) is 4.52 Å². The molecule has 0 radical (unpaired) electrons. The fraction of sp³-hybridized carbons (Fsp3) is 0. The minimum absolute atomic E-state index is 0.174. The summed E-state index contributed by atoms with van der Waals surface area (Å²) in [5.74, 6) is 0.147. The number of nitro groups is 1. The lowest BCUT2D eigenvalue weighted by Crippen LogP contribution is -1.87. The average Bonchev–Trinajstić information content (AvgIpc) is 2.95. The number of benzene rings is 1. The second kappa shape index (κ2) is 3.41. The Morgan fingerprint density at radius 2 is 2.18 bits per heavy atom. The predicted molar refractivity (Wildman–Crippen MR) is 58.2 cm³/mol. The van der Waals surface area contributed by atoms with Crippen LogP contribution in [0.3, 0.4) is 0 Å². The van der Waals surface area contributed by atoms with Crippen LogP contribution in [-0.4, -0.2) is 20.0 Å². The van der Waals surface area contributed by atoms with E-state index >= 15 is 0 Å². The molecule has 0 aliphatic heterocycles. The molecular weight excluding hydrogens is 224 g/mol. The first-order valence-corrected chi connectivity index (χ1v) is 4.80. The summed E-state index contributed by atoms with van der Waals surface area (Å²) in [5.41, 5.74) is 1.08. The summed E-state index contributed by atoms with van der Waals surface area (Å²) in [6.07, 6.45) is 1.15. The molecule has 0 spiro atoms. The molecule has 0 atom stereocenters. The van der Waals surface area contributed by atoms with Crippen LogP contribution in [0.2, 0.25) is 0 Å². The third kappa shape index (κ3) is 1.44. The van der Waals surface area contributed by atoms with E-state index in [9.17, 15) is 10.1 Å². The number of imidazole rings is 1. The van der Waals surface area contributed by atoms with E-state index in [1.807, 2.05) is 18.2 Å². The van der Waals surface area contributed by atoms with Crippen LogP contribution < -0.4 is 0 Å². The smallest absolute Gasteiger partial charge is 0.340 e. The third-order valence-electron chi connectivity index (χ3n) is 2.36. The Morgan fingerprint density at radius 3 is 2.94 bits per heavy atom. The van der Waals surface area contributed by atoms with E-state index in [2.05, 4.69) is 15.1 Å². The molecular formula is C10H6N4O3. The van der Waals surface area contributed by atoms with Gasteiger partial charge >= 0.3 is 5.82 Å². The Morgan fingerprint density at radius 1 is 1.35 bits per heavy atom. The minimum atomic E-state index is -0.543. The highest BCUT2D eigenvalue weighted by molar-refractivity contribution is 5.89. The van der Waals surface area contributed by atoms with Crippen molar-refractivity contribution >= 4 is 16.8 Å². The molecule has 0 fully saturated rings. The van der Waals surface area contributed by atoms with Gasteiger partial charge in [-0.2, -0.15) is 0 Å². The summed E-state index contributed by atoms with van der Waals surface area (Å²) < 4.78 is 5.09. The van der Waals surface area contributed by atoms with Crippen molar-refractivity contribution in [1.29, 1.82) is 0 Å². The third-order valence-corrected chi connectivity index (χ3v) is 2.36. The number of rotatable bonds is 2.